The number of aromatic nitrogens is 3. The second-order valence-corrected chi connectivity index (χ2v) is 4.99. The maximum Gasteiger partial charge on any atom is 0.225 e. The van der Waals surface area contributed by atoms with Crippen LogP contribution in [0.2, 0.25) is 0 Å². The van der Waals surface area contributed by atoms with Crippen molar-refractivity contribution in [1.82, 2.24) is 15.0 Å². The zero-order chi connectivity index (χ0) is 12.0. The second kappa shape index (κ2) is 3.55. The number of hydrogen-bond acceptors (Lipinski definition) is 6. The lowest BCUT2D eigenvalue weighted by molar-refractivity contribution is 0.342. The minimum absolute atomic E-state index is 0.137. The minimum Gasteiger partial charge on any atom is -0.368 e. The molecule has 2 fully saturated rings. The van der Waals surface area contributed by atoms with E-state index in [2.05, 4.69) is 21.0 Å². The Kier molecular flexibility index (Phi) is 2.15. The first-order chi connectivity index (χ1) is 8.17. The first-order valence-corrected chi connectivity index (χ1v) is 5.84. The normalized spacial score (nSPS) is 34.8. The zero-order valence-electron chi connectivity index (χ0n) is 9.37. The van der Waals surface area contributed by atoms with Crippen LogP contribution in [0, 0.1) is 29.1 Å². The summed E-state index contributed by atoms with van der Waals surface area (Å²) >= 11 is 0. The lowest BCUT2D eigenvalue weighted by Crippen LogP contribution is -2.20. The average Bonchev–Trinajstić information content (AvgIpc) is 2.86. The Morgan fingerprint density at radius 2 is 1.76 bits per heavy atom. The van der Waals surface area contributed by atoms with Crippen molar-refractivity contribution in [1.29, 1.82) is 5.26 Å². The molecular weight excluding hydrogens is 216 g/mol. The van der Waals surface area contributed by atoms with Crippen molar-refractivity contribution < 1.29 is 0 Å². The summed E-state index contributed by atoms with van der Waals surface area (Å²) < 4.78 is 0. The highest BCUT2D eigenvalue weighted by molar-refractivity contribution is 5.28. The van der Waals surface area contributed by atoms with Gasteiger partial charge in [-0.05, 0) is 31.1 Å². The van der Waals surface area contributed by atoms with E-state index in [-0.39, 0.29) is 23.7 Å². The molecule has 0 aromatic carbocycles. The summed E-state index contributed by atoms with van der Waals surface area (Å²) in [6.45, 7) is 0. The van der Waals surface area contributed by atoms with Crippen LogP contribution in [0.5, 0.6) is 0 Å². The quantitative estimate of drug-likeness (QED) is 0.733. The molecule has 0 amide bonds. The SMILES string of the molecule is N#CC1CC2CC(c3nc(N)nc(N)n3)C1C2. The molecule has 0 radical (unpaired) electrons. The molecule has 0 spiro atoms. The molecule has 4 unspecified atom stereocenters. The van der Waals surface area contributed by atoms with Gasteiger partial charge in [-0.1, -0.05) is 0 Å². The van der Waals surface area contributed by atoms with Crippen molar-refractivity contribution in [3.8, 4) is 6.07 Å². The number of fused-ring (bicyclic) bond motifs is 2. The summed E-state index contributed by atoms with van der Waals surface area (Å²) in [4.78, 5) is 12.1. The summed E-state index contributed by atoms with van der Waals surface area (Å²) in [6.07, 6.45) is 3.17. The second-order valence-electron chi connectivity index (χ2n) is 4.99. The van der Waals surface area contributed by atoms with Gasteiger partial charge in [0.05, 0.1) is 12.0 Å². The Labute approximate surface area is 99.1 Å². The number of nitrogens with two attached hydrogens (primary N) is 2. The fourth-order valence-electron chi connectivity index (χ4n) is 3.39. The Hall–Kier alpha value is -1.90. The summed E-state index contributed by atoms with van der Waals surface area (Å²) in [5.74, 6) is 2.37. The van der Waals surface area contributed by atoms with Crippen LogP contribution in [0.15, 0.2) is 0 Å². The fraction of sp³-hybridized carbons (Fsp3) is 0.636. The van der Waals surface area contributed by atoms with E-state index in [0.717, 1.165) is 19.3 Å². The molecule has 1 aromatic rings. The van der Waals surface area contributed by atoms with Gasteiger partial charge >= 0.3 is 0 Å². The number of rotatable bonds is 1. The lowest BCUT2D eigenvalue weighted by Gasteiger charge is -2.24. The number of nitrogens with zero attached hydrogens (tertiary/aromatic N) is 4. The minimum atomic E-state index is 0.137. The summed E-state index contributed by atoms with van der Waals surface area (Å²) in [5.41, 5.74) is 11.2. The van der Waals surface area contributed by atoms with Gasteiger partial charge in [0.1, 0.15) is 5.82 Å². The summed E-state index contributed by atoms with van der Waals surface area (Å²) in [5, 5.41) is 9.11. The first kappa shape index (κ1) is 10.3. The Bertz CT molecular complexity index is 473. The van der Waals surface area contributed by atoms with Crippen LogP contribution < -0.4 is 11.5 Å². The molecule has 0 saturated heterocycles. The van der Waals surface area contributed by atoms with Crippen LogP contribution in [0.25, 0.3) is 0 Å². The molecule has 3 rings (SSSR count). The standard InChI is InChI=1S/C11H14N6/c12-4-6-1-5-2-7(6)8(3-5)9-15-10(13)17-11(14)16-9/h5-8H,1-3H2,(H4,13,14,15,16,17). The predicted octanol–water partition coefficient (Wildman–Crippen LogP) is 0.689. The molecule has 0 aliphatic heterocycles. The van der Waals surface area contributed by atoms with Crippen LogP contribution in [0.3, 0.4) is 0 Å². The third kappa shape index (κ3) is 1.58. The lowest BCUT2D eigenvalue weighted by atomic mass is 9.81. The van der Waals surface area contributed by atoms with Gasteiger partial charge in [-0.15, -0.1) is 0 Å². The molecule has 2 saturated carbocycles. The molecule has 88 valence electrons. The predicted molar refractivity (Wildman–Crippen MR) is 61.3 cm³/mol. The molecule has 1 aromatic heterocycles. The monoisotopic (exact) mass is 230 g/mol. The van der Waals surface area contributed by atoms with Gasteiger partial charge in [0.25, 0.3) is 0 Å². The van der Waals surface area contributed by atoms with E-state index < -0.39 is 0 Å². The maximum atomic E-state index is 9.11. The number of nitriles is 1. The van der Waals surface area contributed by atoms with Gasteiger partial charge < -0.3 is 11.5 Å². The molecular formula is C11H14N6. The Balaban J connectivity index is 1.93. The van der Waals surface area contributed by atoms with E-state index in [1.807, 2.05) is 0 Å². The maximum absolute atomic E-state index is 9.11. The fourth-order valence-corrected chi connectivity index (χ4v) is 3.39. The van der Waals surface area contributed by atoms with Gasteiger partial charge in [-0.25, -0.2) is 0 Å². The van der Waals surface area contributed by atoms with Crippen LogP contribution in [0.4, 0.5) is 11.9 Å². The van der Waals surface area contributed by atoms with E-state index in [1.54, 1.807) is 0 Å². The first-order valence-electron chi connectivity index (χ1n) is 5.84. The highest BCUT2D eigenvalue weighted by atomic mass is 15.1. The molecule has 6 heteroatoms. The van der Waals surface area contributed by atoms with E-state index in [4.69, 9.17) is 16.7 Å². The topological polar surface area (TPSA) is 114 Å². The average molecular weight is 230 g/mol. The number of hydrogen-bond donors (Lipinski definition) is 2. The molecule has 1 heterocycles. The van der Waals surface area contributed by atoms with E-state index in [0.29, 0.717) is 17.7 Å². The van der Waals surface area contributed by atoms with Crippen molar-refractivity contribution >= 4 is 11.9 Å². The molecule has 4 atom stereocenters. The van der Waals surface area contributed by atoms with Crippen molar-refractivity contribution in [3.05, 3.63) is 5.82 Å². The third-order valence-corrected chi connectivity index (χ3v) is 4.00. The molecule has 2 aliphatic carbocycles. The smallest absolute Gasteiger partial charge is 0.225 e. The van der Waals surface area contributed by atoms with Crippen molar-refractivity contribution in [2.75, 3.05) is 11.5 Å². The van der Waals surface area contributed by atoms with Crippen molar-refractivity contribution in [2.45, 2.75) is 25.2 Å². The van der Waals surface area contributed by atoms with Gasteiger partial charge in [-0.3, -0.25) is 0 Å². The van der Waals surface area contributed by atoms with Crippen molar-refractivity contribution in [3.63, 3.8) is 0 Å². The molecule has 2 aliphatic rings. The number of nitrogen functional groups attached to an aromatic ring is 2. The molecule has 6 nitrogen and oxygen atoms in total. The van der Waals surface area contributed by atoms with Crippen LogP contribution in [0.1, 0.15) is 31.0 Å². The van der Waals surface area contributed by atoms with Gasteiger partial charge in [0.15, 0.2) is 0 Å². The molecule has 2 bridgehead atoms. The zero-order valence-corrected chi connectivity index (χ0v) is 9.37. The van der Waals surface area contributed by atoms with E-state index in [1.165, 1.54) is 0 Å². The number of anilines is 2. The largest absolute Gasteiger partial charge is 0.368 e. The van der Waals surface area contributed by atoms with E-state index >= 15 is 0 Å². The van der Waals surface area contributed by atoms with Gasteiger partial charge in [-0.2, -0.15) is 20.2 Å². The van der Waals surface area contributed by atoms with Crippen molar-refractivity contribution in [2.24, 2.45) is 17.8 Å². The Morgan fingerprint density at radius 1 is 1.06 bits per heavy atom. The highest BCUT2D eigenvalue weighted by Crippen LogP contribution is 2.55. The van der Waals surface area contributed by atoms with Crippen LogP contribution in [-0.4, -0.2) is 15.0 Å². The van der Waals surface area contributed by atoms with Crippen LogP contribution in [-0.2, 0) is 0 Å². The summed E-state index contributed by atoms with van der Waals surface area (Å²) in [7, 11) is 0. The molecule has 17 heavy (non-hydrogen) atoms. The third-order valence-electron chi connectivity index (χ3n) is 4.00. The highest BCUT2D eigenvalue weighted by Gasteiger charge is 2.48. The summed E-state index contributed by atoms with van der Waals surface area (Å²) in [6, 6.07) is 2.39. The van der Waals surface area contributed by atoms with Gasteiger partial charge in [0, 0.05) is 5.92 Å². The van der Waals surface area contributed by atoms with Gasteiger partial charge in [0.2, 0.25) is 11.9 Å². The van der Waals surface area contributed by atoms with Crippen LogP contribution >= 0.6 is 0 Å². The Morgan fingerprint density at radius 3 is 2.35 bits per heavy atom. The molecule has 4 N–H and O–H groups in total. The van der Waals surface area contributed by atoms with E-state index in [9.17, 15) is 0 Å².